The third-order valence-electron chi connectivity index (χ3n) is 8.67. The fourth-order valence-electron chi connectivity index (χ4n) is 6.48. The molecule has 0 radical (unpaired) electrons. The second kappa shape index (κ2) is 9.57. The number of rotatable bonds is 5. The van der Waals surface area contributed by atoms with Gasteiger partial charge in [0, 0.05) is 25.1 Å². The van der Waals surface area contributed by atoms with Crippen molar-refractivity contribution in [2.45, 2.75) is 83.2 Å². The summed E-state index contributed by atoms with van der Waals surface area (Å²) in [5.74, 6) is 1.71. The molecule has 1 N–H and O–H groups in total. The Kier molecular flexibility index (Phi) is 6.55. The van der Waals surface area contributed by atoms with Gasteiger partial charge in [0.15, 0.2) is 0 Å². The molecule has 0 aromatic heterocycles. The van der Waals surface area contributed by atoms with Crippen molar-refractivity contribution in [3.63, 3.8) is 0 Å². The maximum Gasteiger partial charge on any atom is 0.255 e. The van der Waals surface area contributed by atoms with Gasteiger partial charge in [-0.3, -0.25) is 19.7 Å². The van der Waals surface area contributed by atoms with Crippen molar-refractivity contribution >= 4 is 17.7 Å². The van der Waals surface area contributed by atoms with Crippen molar-refractivity contribution in [2.75, 3.05) is 19.6 Å². The number of benzene rings is 1. The minimum atomic E-state index is -0.540. The van der Waals surface area contributed by atoms with Crippen LogP contribution >= 0.6 is 0 Å². The second-order valence-electron chi connectivity index (χ2n) is 10.7. The molecule has 4 aliphatic rings. The van der Waals surface area contributed by atoms with Gasteiger partial charge in [-0.15, -0.1) is 0 Å². The number of hydrogen-bond acceptors (Lipinski definition) is 4. The summed E-state index contributed by atoms with van der Waals surface area (Å²) in [6, 6.07) is 5.74. The van der Waals surface area contributed by atoms with E-state index in [1.165, 1.54) is 57.1 Å². The van der Waals surface area contributed by atoms with Crippen molar-refractivity contribution in [1.82, 2.24) is 15.1 Å². The molecule has 1 atom stereocenters. The molecule has 3 aliphatic heterocycles. The van der Waals surface area contributed by atoms with Gasteiger partial charge in [0.05, 0.1) is 0 Å². The van der Waals surface area contributed by atoms with Crippen molar-refractivity contribution in [3.8, 4) is 0 Å². The number of nitrogens with zero attached hydrogens (tertiary/aromatic N) is 2. The molecule has 1 unspecified atom stereocenters. The molecule has 5 rings (SSSR count). The number of nitrogens with one attached hydrogen (secondary N) is 1. The summed E-state index contributed by atoms with van der Waals surface area (Å²) in [6.07, 6.45) is 10.0. The largest absolute Gasteiger partial charge is 0.322 e. The molecule has 6 nitrogen and oxygen atoms in total. The standard InChI is InChI=1S/C27H37N3O3/c1-2-18-3-5-19(6-4-18)16-29-13-11-20(12-14-29)21-7-8-23-22(15-21)17-30(27(23)33)24-9-10-25(31)28-26(24)32/h7-8,15,18-20,24H,2-6,9-14,16-17H2,1H3,(H,28,31,32). The molecule has 1 aromatic rings. The van der Waals surface area contributed by atoms with E-state index in [0.29, 0.717) is 30.9 Å². The minimum absolute atomic E-state index is 0.0846. The van der Waals surface area contributed by atoms with Gasteiger partial charge in [-0.2, -0.15) is 0 Å². The van der Waals surface area contributed by atoms with Crippen LogP contribution in [-0.4, -0.2) is 53.2 Å². The number of imide groups is 1. The topological polar surface area (TPSA) is 69.7 Å². The molecular formula is C27H37N3O3. The highest BCUT2D eigenvalue weighted by molar-refractivity contribution is 6.05. The summed E-state index contributed by atoms with van der Waals surface area (Å²) in [4.78, 5) is 41.0. The maximum atomic E-state index is 12.9. The van der Waals surface area contributed by atoms with Crippen LogP contribution in [0.4, 0.5) is 0 Å². The Morgan fingerprint density at radius 1 is 0.939 bits per heavy atom. The smallest absolute Gasteiger partial charge is 0.255 e. The number of fused-ring (bicyclic) bond motifs is 1. The van der Waals surface area contributed by atoms with E-state index in [1.54, 1.807) is 4.90 Å². The normalized spacial score (nSPS) is 29.3. The van der Waals surface area contributed by atoms with Crippen LogP contribution in [0.15, 0.2) is 18.2 Å². The molecule has 33 heavy (non-hydrogen) atoms. The summed E-state index contributed by atoms with van der Waals surface area (Å²) in [6.45, 7) is 6.39. The molecule has 6 heteroatoms. The molecule has 178 valence electrons. The van der Waals surface area contributed by atoms with E-state index in [0.717, 1.165) is 30.5 Å². The predicted molar refractivity (Wildman–Crippen MR) is 127 cm³/mol. The van der Waals surface area contributed by atoms with Crippen LogP contribution in [0, 0.1) is 11.8 Å². The number of hydrogen-bond donors (Lipinski definition) is 1. The molecule has 0 bridgehead atoms. The molecule has 0 spiro atoms. The lowest BCUT2D eigenvalue weighted by molar-refractivity contribution is -0.136. The number of piperidine rings is 2. The summed E-state index contributed by atoms with van der Waals surface area (Å²) >= 11 is 0. The second-order valence-corrected chi connectivity index (χ2v) is 10.7. The van der Waals surface area contributed by atoms with Crippen LogP contribution in [-0.2, 0) is 16.1 Å². The Morgan fingerprint density at radius 3 is 2.36 bits per heavy atom. The van der Waals surface area contributed by atoms with Crippen molar-refractivity contribution in [3.05, 3.63) is 34.9 Å². The van der Waals surface area contributed by atoms with Crippen LogP contribution in [0.3, 0.4) is 0 Å². The molecule has 2 saturated heterocycles. The molecule has 3 amide bonds. The highest BCUT2D eigenvalue weighted by Gasteiger charge is 2.39. The Bertz CT molecular complexity index is 913. The summed E-state index contributed by atoms with van der Waals surface area (Å²) in [5, 5.41) is 2.38. The fraction of sp³-hybridized carbons (Fsp3) is 0.667. The third kappa shape index (κ3) is 4.72. The van der Waals surface area contributed by atoms with Gasteiger partial charge in [0.1, 0.15) is 6.04 Å². The number of carbonyl (C=O) groups excluding carboxylic acids is 3. The van der Waals surface area contributed by atoms with Crippen LogP contribution in [0.5, 0.6) is 0 Å². The average Bonchev–Trinajstić information content (AvgIpc) is 3.15. The molecule has 3 fully saturated rings. The van der Waals surface area contributed by atoms with Crippen LogP contribution in [0.2, 0.25) is 0 Å². The van der Waals surface area contributed by atoms with E-state index in [9.17, 15) is 14.4 Å². The van der Waals surface area contributed by atoms with Crippen molar-refractivity contribution in [2.24, 2.45) is 11.8 Å². The Balaban J connectivity index is 1.16. The van der Waals surface area contributed by atoms with Crippen molar-refractivity contribution < 1.29 is 14.4 Å². The lowest BCUT2D eigenvalue weighted by Crippen LogP contribution is -2.52. The lowest BCUT2D eigenvalue weighted by atomic mass is 9.80. The molecular weight excluding hydrogens is 414 g/mol. The summed E-state index contributed by atoms with van der Waals surface area (Å²) in [5.41, 5.74) is 3.07. The third-order valence-corrected chi connectivity index (χ3v) is 8.67. The van der Waals surface area contributed by atoms with Gasteiger partial charge in [0.2, 0.25) is 11.8 Å². The zero-order chi connectivity index (χ0) is 22.9. The average molecular weight is 452 g/mol. The first-order chi connectivity index (χ1) is 16.0. The monoisotopic (exact) mass is 451 g/mol. The van der Waals surface area contributed by atoms with Crippen molar-refractivity contribution in [1.29, 1.82) is 0 Å². The van der Waals surface area contributed by atoms with E-state index in [2.05, 4.69) is 29.3 Å². The number of carbonyl (C=O) groups is 3. The van der Waals surface area contributed by atoms with Crippen LogP contribution < -0.4 is 5.32 Å². The Morgan fingerprint density at radius 2 is 1.67 bits per heavy atom. The minimum Gasteiger partial charge on any atom is -0.322 e. The zero-order valence-electron chi connectivity index (χ0n) is 19.9. The van der Waals surface area contributed by atoms with Gasteiger partial charge in [-0.05, 0) is 80.1 Å². The van der Waals surface area contributed by atoms with Gasteiger partial charge in [-0.25, -0.2) is 0 Å². The quantitative estimate of drug-likeness (QED) is 0.691. The van der Waals surface area contributed by atoms with Crippen LogP contribution in [0.25, 0.3) is 0 Å². The predicted octanol–water partition coefficient (Wildman–Crippen LogP) is 3.84. The molecule has 1 saturated carbocycles. The first-order valence-electron chi connectivity index (χ1n) is 13.0. The van der Waals surface area contributed by atoms with E-state index < -0.39 is 6.04 Å². The summed E-state index contributed by atoms with van der Waals surface area (Å²) < 4.78 is 0. The maximum absolute atomic E-state index is 12.9. The van der Waals surface area contributed by atoms with Crippen LogP contribution in [0.1, 0.15) is 92.1 Å². The zero-order valence-corrected chi connectivity index (χ0v) is 19.9. The van der Waals surface area contributed by atoms with E-state index in [-0.39, 0.29) is 17.7 Å². The Labute approximate surface area is 197 Å². The fourth-order valence-corrected chi connectivity index (χ4v) is 6.48. The van der Waals surface area contributed by atoms with Gasteiger partial charge in [0.25, 0.3) is 5.91 Å². The Hall–Kier alpha value is -2.21. The highest BCUT2D eigenvalue weighted by atomic mass is 16.2. The molecule has 1 aliphatic carbocycles. The first kappa shape index (κ1) is 22.6. The number of amides is 3. The van der Waals surface area contributed by atoms with E-state index >= 15 is 0 Å². The summed E-state index contributed by atoms with van der Waals surface area (Å²) in [7, 11) is 0. The number of likely N-dealkylation sites (tertiary alicyclic amines) is 1. The van der Waals surface area contributed by atoms with E-state index in [1.807, 2.05) is 6.07 Å². The van der Waals surface area contributed by atoms with E-state index in [4.69, 9.17) is 0 Å². The molecule has 3 heterocycles. The first-order valence-corrected chi connectivity index (χ1v) is 13.0. The van der Waals surface area contributed by atoms with Gasteiger partial charge in [-0.1, -0.05) is 38.3 Å². The highest BCUT2D eigenvalue weighted by Crippen LogP contribution is 2.35. The molecule has 1 aromatic carbocycles. The van der Waals surface area contributed by atoms with Gasteiger partial charge < -0.3 is 9.80 Å². The van der Waals surface area contributed by atoms with Gasteiger partial charge >= 0.3 is 0 Å². The lowest BCUT2D eigenvalue weighted by Gasteiger charge is -2.36. The SMILES string of the molecule is CCC1CCC(CN2CCC(c3ccc4c(c3)CN(C3CCC(=O)NC3=O)C4=O)CC2)CC1.